The summed E-state index contributed by atoms with van der Waals surface area (Å²) in [5.74, 6) is 0.175. The number of hydrogen-bond donors (Lipinski definition) is 1. The minimum atomic E-state index is -0.0780. The first-order valence-electron chi connectivity index (χ1n) is 7.88. The zero-order valence-corrected chi connectivity index (χ0v) is 13.2. The van der Waals surface area contributed by atoms with Gasteiger partial charge in [-0.1, -0.05) is 48.5 Å². The Morgan fingerprint density at radius 2 is 1.87 bits per heavy atom. The summed E-state index contributed by atoms with van der Waals surface area (Å²) >= 11 is 0. The molecule has 3 rings (SSSR count). The van der Waals surface area contributed by atoms with Crippen LogP contribution in [0.2, 0.25) is 0 Å². The van der Waals surface area contributed by atoms with Gasteiger partial charge in [-0.25, -0.2) is 0 Å². The molecule has 4 nitrogen and oxygen atoms in total. The summed E-state index contributed by atoms with van der Waals surface area (Å²) in [5, 5.41) is 9.90. The normalized spacial score (nSPS) is 21.2. The first-order chi connectivity index (χ1) is 11.1. The zero-order chi connectivity index (χ0) is 16.2. The Hall–Kier alpha value is -2.33. The summed E-state index contributed by atoms with van der Waals surface area (Å²) < 4.78 is 5.76. The van der Waals surface area contributed by atoms with Gasteiger partial charge in [-0.3, -0.25) is 4.79 Å². The molecule has 0 bridgehead atoms. The molecule has 1 aliphatic rings. The van der Waals surface area contributed by atoms with Gasteiger partial charge in [-0.05, 0) is 18.6 Å². The van der Waals surface area contributed by atoms with E-state index >= 15 is 0 Å². The summed E-state index contributed by atoms with van der Waals surface area (Å²) in [6.07, 6.45) is 0.214. The maximum atomic E-state index is 12.8. The number of amides is 1. The fraction of sp³-hybridized carbons (Fsp3) is 0.316. The van der Waals surface area contributed by atoms with Gasteiger partial charge in [0.15, 0.2) is 0 Å². The van der Waals surface area contributed by atoms with Gasteiger partial charge in [0.25, 0.3) is 0 Å². The molecule has 0 aliphatic carbocycles. The largest absolute Gasteiger partial charge is 0.508 e. The molecule has 0 unspecified atom stereocenters. The fourth-order valence-corrected chi connectivity index (χ4v) is 2.95. The SMILES string of the molecule is C[C@@H]1CN(C(=O)Cc2ccccc2O)[C@H](c2ccccc2)CO1. The van der Waals surface area contributed by atoms with Crippen LogP contribution in [-0.2, 0) is 16.0 Å². The Bertz CT molecular complexity index is 671. The Kier molecular flexibility index (Phi) is 4.63. The topological polar surface area (TPSA) is 49.8 Å². The molecule has 2 aromatic rings. The predicted octanol–water partition coefficient (Wildman–Crippen LogP) is 2.92. The van der Waals surface area contributed by atoms with Gasteiger partial charge in [-0.15, -0.1) is 0 Å². The number of benzene rings is 2. The number of para-hydroxylation sites is 1. The van der Waals surface area contributed by atoms with E-state index in [1.165, 1.54) is 0 Å². The van der Waals surface area contributed by atoms with Crippen molar-refractivity contribution in [2.24, 2.45) is 0 Å². The molecular weight excluding hydrogens is 290 g/mol. The van der Waals surface area contributed by atoms with Gasteiger partial charge in [-0.2, -0.15) is 0 Å². The van der Waals surface area contributed by atoms with E-state index in [9.17, 15) is 9.90 Å². The second kappa shape index (κ2) is 6.84. The second-order valence-electron chi connectivity index (χ2n) is 5.92. The smallest absolute Gasteiger partial charge is 0.227 e. The summed E-state index contributed by atoms with van der Waals surface area (Å²) in [5.41, 5.74) is 1.73. The highest BCUT2D eigenvalue weighted by atomic mass is 16.5. The highest BCUT2D eigenvalue weighted by molar-refractivity contribution is 5.80. The van der Waals surface area contributed by atoms with Crippen LogP contribution in [0.3, 0.4) is 0 Å². The quantitative estimate of drug-likeness (QED) is 0.948. The van der Waals surface area contributed by atoms with E-state index in [2.05, 4.69) is 0 Å². The molecule has 1 saturated heterocycles. The molecule has 1 amide bonds. The maximum Gasteiger partial charge on any atom is 0.227 e. The fourth-order valence-electron chi connectivity index (χ4n) is 2.95. The highest BCUT2D eigenvalue weighted by Crippen LogP contribution is 2.27. The minimum Gasteiger partial charge on any atom is -0.508 e. The number of phenols is 1. The number of hydrogen-bond acceptors (Lipinski definition) is 3. The van der Waals surface area contributed by atoms with Crippen molar-refractivity contribution in [2.45, 2.75) is 25.5 Å². The van der Waals surface area contributed by atoms with Crippen LogP contribution in [0.25, 0.3) is 0 Å². The first-order valence-corrected chi connectivity index (χ1v) is 7.88. The molecule has 4 heteroatoms. The third-order valence-electron chi connectivity index (χ3n) is 4.21. The van der Waals surface area contributed by atoms with E-state index in [4.69, 9.17) is 4.74 Å². The van der Waals surface area contributed by atoms with Crippen LogP contribution in [-0.4, -0.2) is 35.2 Å². The molecule has 0 spiro atoms. The van der Waals surface area contributed by atoms with Crippen molar-refractivity contribution in [1.82, 2.24) is 4.90 Å². The number of morpholine rings is 1. The predicted molar refractivity (Wildman–Crippen MR) is 88.1 cm³/mol. The van der Waals surface area contributed by atoms with Gasteiger partial charge in [0, 0.05) is 12.1 Å². The number of ether oxygens (including phenoxy) is 1. The number of carbonyl (C=O) groups excluding carboxylic acids is 1. The Labute approximate surface area is 136 Å². The van der Waals surface area contributed by atoms with E-state index in [0.29, 0.717) is 18.7 Å². The molecule has 2 aromatic carbocycles. The molecule has 1 N–H and O–H groups in total. The lowest BCUT2D eigenvalue weighted by molar-refractivity contribution is -0.144. The molecule has 120 valence electrons. The Morgan fingerprint density at radius 3 is 2.61 bits per heavy atom. The number of rotatable bonds is 3. The Balaban J connectivity index is 1.82. The maximum absolute atomic E-state index is 12.8. The highest BCUT2D eigenvalue weighted by Gasteiger charge is 2.31. The van der Waals surface area contributed by atoms with Crippen molar-refractivity contribution in [2.75, 3.05) is 13.2 Å². The molecule has 0 radical (unpaired) electrons. The number of phenolic OH excluding ortho intramolecular Hbond substituents is 1. The van der Waals surface area contributed by atoms with Crippen molar-refractivity contribution in [3.8, 4) is 5.75 Å². The minimum absolute atomic E-state index is 0.00973. The lowest BCUT2D eigenvalue weighted by Gasteiger charge is -2.39. The first kappa shape index (κ1) is 15.6. The van der Waals surface area contributed by atoms with Crippen LogP contribution in [0.5, 0.6) is 5.75 Å². The molecule has 0 aromatic heterocycles. The summed E-state index contributed by atoms with van der Waals surface area (Å²) in [6.45, 7) is 3.03. The molecule has 1 aliphatic heterocycles. The van der Waals surface area contributed by atoms with Crippen LogP contribution in [0.1, 0.15) is 24.1 Å². The van der Waals surface area contributed by atoms with Gasteiger partial charge >= 0.3 is 0 Å². The van der Waals surface area contributed by atoms with Gasteiger partial charge < -0.3 is 14.7 Å². The molecule has 0 saturated carbocycles. The van der Waals surface area contributed by atoms with Crippen molar-refractivity contribution in [3.05, 3.63) is 65.7 Å². The lowest BCUT2D eigenvalue weighted by Crippen LogP contribution is -2.47. The van der Waals surface area contributed by atoms with E-state index in [0.717, 1.165) is 5.56 Å². The van der Waals surface area contributed by atoms with Crippen molar-refractivity contribution < 1.29 is 14.6 Å². The number of carbonyl (C=O) groups is 1. The average Bonchev–Trinajstić information content (AvgIpc) is 2.57. The molecule has 1 fully saturated rings. The lowest BCUT2D eigenvalue weighted by atomic mass is 10.0. The summed E-state index contributed by atoms with van der Waals surface area (Å²) in [6, 6.07) is 16.8. The van der Waals surface area contributed by atoms with Crippen molar-refractivity contribution >= 4 is 5.91 Å². The van der Waals surface area contributed by atoms with E-state index < -0.39 is 0 Å². The van der Waals surface area contributed by atoms with Gasteiger partial charge in [0.2, 0.25) is 5.91 Å². The molecule has 2 atom stereocenters. The molecule has 23 heavy (non-hydrogen) atoms. The summed E-state index contributed by atoms with van der Waals surface area (Å²) in [4.78, 5) is 14.7. The Morgan fingerprint density at radius 1 is 1.17 bits per heavy atom. The van der Waals surface area contributed by atoms with E-state index in [-0.39, 0.29) is 30.2 Å². The van der Waals surface area contributed by atoms with Crippen LogP contribution in [0.4, 0.5) is 0 Å². The summed E-state index contributed by atoms with van der Waals surface area (Å²) in [7, 11) is 0. The van der Waals surface area contributed by atoms with E-state index in [1.807, 2.05) is 48.2 Å². The van der Waals surface area contributed by atoms with E-state index in [1.54, 1.807) is 18.2 Å². The molecular formula is C19H21NO3. The van der Waals surface area contributed by atoms with Crippen LogP contribution < -0.4 is 0 Å². The van der Waals surface area contributed by atoms with Crippen molar-refractivity contribution in [1.29, 1.82) is 0 Å². The number of aromatic hydroxyl groups is 1. The standard InChI is InChI=1S/C19H21NO3/c1-14-12-20(17(13-23-14)15-7-3-2-4-8-15)19(22)11-16-9-5-6-10-18(16)21/h2-10,14,17,21H,11-13H2,1H3/t14-,17+/m1/s1. The zero-order valence-electron chi connectivity index (χ0n) is 13.2. The van der Waals surface area contributed by atoms with Crippen LogP contribution >= 0.6 is 0 Å². The van der Waals surface area contributed by atoms with Crippen LogP contribution in [0, 0.1) is 0 Å². The average molecular weight is 311 g/mol. The second-order valence-corrected chi connectivity index (χ2v) is 5.92. The van der Waals surface area contributed by atoms with Gasteiger partial charge in [0.1, 0.15) is 5.75 Å². The third-order valence-corrected chi connectivity index (χ3v) is 4.21. The number of nitrogens with zero attached hydrogens (tertiary/aromatic N) is 1. The third kappa shape index (κ3) is 3.54. The molecule has 1 heterocycles. The van der Waals surface area contributed by atoms with Gasteiger partial charge in [0.05, 0.1) is 25.2 Å². The monoisotopic (exact) mass is 311 g/mol. The van der Waals surface area contributed by atoms with Crippen molar-refractivity contribution in [3.63, 3.8) is 0 Å². The van der Waals surface area contributed by atoms with Crippen LogP contribution in [0.15, 0.2) is 54.6 Å².